The predicted molar refractivity (Wildman–Crippen MR) is 113 cm³/mol. The topological polar surface area (TPSA) is 67.9 Å². The van der Waals surface area contributed by atoms with Gasteiger partial charge in [0, 0.05) is 24.3 Å². The Morgan fingerprint density at radius 3 is 2.45 bits per heavy atom. The second-order valence-corrected chi connectivity index (χ2v) is 7.50. The van der Waals surface area contributed by atoms with E-state index in [1.807, 2.05) is 19.1 Å². The highest BCUT2D eigenvalue weighted by Gasteiger charge is 2.18. The van der Waals surface area contributed by atoms with Gasteiger partial charge in [-0.05, 0) is 54.3 Å². The number of carbonyl (C=O) groups excluding carboxylic acids is 2. The van der Waals surface area contributed by atoms with Gasteiger partial charge < -0.3 is 19.7 Å². The van der Waals surface area contributed by atoms with E-state index in [9.17, 15) is 9.59 Å². The quantitative estimate of drug-likeness (QED) is 0.810. The molecule has 6 nitrogen and oxygen atoms in total. The zero-order valence-corrected chi connectivity index (χ0v) is 17.2. The van der Waals surface area contributed by atoms with Gasteiger partial charge in [0.15, 0.2) is 6.61 Å². The zero-order valence-electron chi connectivity index (χ0n) is 17.2. The van der Waals surface area contributed by atoms with E-state index in [0.717, 1.165) is 11.3 Å². The van der Waals surface area contributed by atoms with Crippen LogP contribution in [0.2, 0.25) is 0 Å². The maximum absolute atomic E-state index is 12.5. The molecule has 0 aromatic heterocycles. The Kier molecular flexibility index (Phi) is 6.88. The molecule has 0 unspecified atom stereocenters. The molecule has 2 amide bonds. The van der Waals surface area contributed by atoms with Gasteiger partial charge in [-0.3, -0.25) is 9.59 Å². The summed E-state index contributed by atoms with van der Waals surface area (Å²) in [7, 11) is 0. The number of nitrogens with zero attached hydrogens (tertiary/aromatic N) is 1. The fraction of sp³-hybridized carbons (Fsp3) is 0.391. The van der Waals surface area contributed by atoms with Gasteiger partial charge in [-0.15, -0.1) is 0 Å². The van der Waals surface area contributed by atoms with E-state index in [4.69, 9.17) is 9.47 Å². The lowest BCUT2D eigenvalue weighted by atomic mass is 10.0. The van der Waals surface area contributed by atoms with Gasteiger partial charge in [0.25, 0.3) is 11.8 Å². The van der Waals surface area contributed by atoms with Crippen molar-refractivity contribution in [3.8, 4) is 5.75 Å². The van der Waals surface area contributed by atoms with Crippen molar-refractivity contribution in [1.29, 1.82) is 0 Å². The van der Waals surface area contributed by atoms with Crippen molar-refractivity contribution in [2.75, 3.05) is 38.2 Å². The molecule has 1 aliphatic rings. The van der Waals surface area contributed by atoms with Crippen LogP contribution in [-0.4, -0.2) is 49.6 Å². The SMILES string of the molecule is Cc1ccc(C(C)C)cc1OCC(=O)Nc1ccc(C(=O)N2CCOCC2)cc1. The number of carbonyl (C=O) groups is 2. The fourth-order valence-corrected chi connectivity index (χ4v) is 3.12. The van der Waals surface area contributed by atoms with E-state index in [2.05, 4.69) is 25.2 Å². The van der Waals surface area contributed by atoms with E-state index < -0.39 is 0 Å². The van der Waals surface area contributed by atoms with Crippen LogP contribution in [0.1, 0.15) is 41.3 Å². The monoisotopic (exact) mass is 396 g/mol. The largest absolute Gasteiger partial charge is 0.483 e. The molecule has 1 saturated heterocycles. The number of hydrogen-bond acceptors (Lipinski definition) is 4. The van der Waals surface area contributed by atoms with Crippen molar-refractivity contribution in [2.24, 2.45) is 0 Å². The Hall–Kier alpha value is -2.86. The first kappa shape index (κ1) is 20.9. The third kappa shape index (κ3) is 5.57. The van der Waals surface area contributed by atoms with Gasteiger partial charge in [0.2, 0.25) is 0 Å². The van der Waals surface area contributed by atoms with Crippen molar-refractivity contribution in [1.82, 2.24) is 4.90 Å². The third-order valence-electron chi connectivity index (χ3n) is 4.95. The normalized spacial score (nSPS) is 14.0. The molecule has 0 spiro atoms. The minimum Gasteiger partial charge on any atom is -0.483 e. The molecule has 3 rings (SSSR count). The number of morpholine rings is 1. The van der Waals surface area contributed by atoms with Crippen LogP contribution < -0.4 is 10.1 Å². The molecule has 154 valence electrons. The first-order valence-electron chi connectivity index (χ1n) is 9.94. The van der Waals surface area contributed by atoms with Gasteiger partial charge in [0.1, 0.15) is 5.75 Å². The average molecular weight is 396 g/mol. The minimum atomic E-state index is -0.244. The Morgan fingerprint density at radius 2 is 1.79 bits per heavy atom. The van der Waals surface area contributed by atoms with Crippen molar-refractivity contribution < 1.29 is 19.1 Å². The molecule has 0 saturated carbocycles. The van der Waals surface area contributed by atoms with E-state index in [1.54, 1.807) is 29.2 Å². The summed E-state index contributed by atoms with van der Waals surface area (Å²) in [6.45, 7) is 8.47. The number of nitrogens with one attached hydrogen (secondary N) is 1. The number of benzene rings is 2. The molecule has 1 fully saturated rings. The minimum absolute atomic E-state index is 0.0185. The average Bonchev–Trinajstić information content (AvgIpc) is 2.73. The second kappa shape index (κ2) is 9.56. The van der Waals surface area contributed by atoms with Crippen LogP contribution in [0.25, 0.3) is 0 Å². The summed E-state index contributed by atoms with van der Waals surface area (Å²) in [4.78, 5) is 26.5. The van der Waals surface area contributed by atoms with E-state index in [-0.39, 0.29) is 18.4 Å². The lowest BCUT2D eigenvalue weighted by Crippen LogP contribution is -2.40. The van der Waals surface area contributed by atoms with Crippen molar-refractivity contribution in [3.05, 3.63) is 59.2 Å². The van der Waals surface area contributed by atoms with Crippen LogP contribution in [0.15, 0.2) is 42.5 Å². The molecule has 1 heterocycles. The highest BCUT2D eigenvalue weighted by molar-refractivity contribution is 5.96. The summed E-state index contributed by atoms with van der Waals surface area (Å²) in [5.41, 5.74) is 3.40. The van der Waals surface area contributed by atoms with Crippen LogP contribution in [0.4, 0.5) is 5.69 Å². The molecule has 6 heteroatoms. The van der Waals surface area contributed by atoms with Crippen LogP contribution in [0.3, 0.4) is 0 Å². The van der Waals surface area contributed by atoms with E-state index >= 15 is 0 Å². The highest BCUT2D eigenvalue weighted by atomic mass is 16.5. The van der Waals surface area contributed by atoms with Gasteiger partial charge in [-0.2, -0.15) is 0 Å². The number of hydrogen-bond donors (Lipinski definition) is 1. The summed E-state index contributed by atoms with van der Waals surface area (Å²) in [6, 6.07) is 13.0. The van der Waals surface area contributed by atoms with Gasteiger partial charge in [0.05, 0.1) is 13.2 Å². The lowest BCUT2D eigenvalue weighted by Gasteiger charge is -2.26. The maximum Gasteiger partial charge on any atom is 0.262 e. The van der Waals surface area contributed by atoms with Crippen molar-refractivity contribution in [3.63, 3.8) is 0 Å². The smallest absolute Gasteiger partial charge is 0.262 e. The summed E-state index contributed by atoms with van der Waals surface area (Å²) in [5.74, 6) is 0.852. The van der Waals surface area contributed by atoms with Crippen molar-refractivity contribution >= 4 is 17.5 Å². The van der Waals surface area contributed by atoms with Crippen LogP contribution >= 0.6 is 0 Å². The van der Waals surface area contributed by atoms with Gasteiger partial charge >= 0.3 is 0 Å². The first-order valence-corrected chi connectivity index (χ1v) is 9.94. The molecule has 1 N–H and O–H groups in total. The molecule has 1 aliphatic heterocycles. The third-order valence-corrected chi connectivity index (χ3v) is 4.95. The summed E-state index contributed by atoms with van der Waals surface area (Å²) >= 11 is 0. The first-order chi connectivity index (χ1) is 13.9. The predicted octanol–water partition coefficient (Wildman–Crippen LogP) is 3.61. The summed E-state index contributed by atoms with van der Waals surface area (Å²) in [5, 5.41) is 2.81. The number of ether oxygens (including phenoxy) is 2. The molecule has 0 radical (unpaired) electrons. The van der Waals surface area contributed by atoms with Crippen LogP contribution in [0.5, 0.6) is 5.75 Å². The molecule has 0 bridgehead atoms. The Balaban J connectivity index is 1.54. The molecule has 0 aliphatic carbocycles. The van der Waals surface area contributed by atoms with Crippen LogP contribution in [0, 0.1) is 6.92 Å². The summed E-state index contributed by atoms with van der Waals surface area (Å²) in [6.07, 6.45) is 0. The molecule has 2 aromatic carbocycles. The highest BCUT2D eigenvalue weighted by Crippen LogP contribution is 2.24. The molecule has 29 heavy (non-hydrogen) atoms. The Morgan fingerprint density at radius 1 is 1.10 bits per heavy atom. The van der Waals surface area contributed by atoms with Crippen molar-refractivity contribution in [2.45, 2.75) is 26.7 Å². The summed E-state index contributed by atoms with van der Waals surface area (Å²) < 4.78 is 11.0. The maximum atomic E-state index is 12.5. The molecular formula is C23H28N2O4. The second-order valence-electron chi connectivity index (χ2n) is 7.50. The zero-order chi connectivity index (χ0) is 20.8. The fourth-order valence-electron chi connectivity index (χ4n) is 3.12. The molecular weight excluding hydrogens is 368 g/mol. The number of aryl methyl sites for hydroxylation is 1. The standard InChI is InChI=1S/C23H28N2O4/c1-16(2)19-5-4-17(3)21(14-19)29-15-22(26)24-20-8-6-18(7-9-20)23(27)25-10-12-28-13-11-25/h4-9,14,16H,10-13,15H2,1-3H3,(H,24,26). The molecule has 2 aromatic rings. The lowest BCUT2D eigenvalue weighted by molar-refractivity contribution is -0.118. The van der Waals surface area contributed by atoms with Crippen LogP contribution in [-0.2, 0) is 9.53 Å². The number of amides is 2. The number of rotatable bonds is 6. The Labute approximate surface area is 171 Å². The Bertz CT molecular complexity index is 856. The van der Waals surface area contributed by atoms with Gasteiger partial charge in [-0.1, -0.05) is 26.0 Å². The molecule has 0 atom stereocenters. The van der Waals surface area contributed by atoms with E-state index in [0.29, 0.717) is 43.5 Å². The number of anilines is 1. The van der Waals surface area contributed by atoms with Gasteiger partial charge in [-0.25, -0.2) is 0 Å². The van der Waals surface area contributed by atoms with E-state index in [1.165, 1.54) is 5.56 Å².